The van der Waals surface area contributed by atoms with E-state index in [0.717, 1.165) is 6.54 Å². The minimum Gasteiger partial charge on any atom is -0.455 e. The van der Waals surface area contributed by atoms with Crippen molar-refractivity contribution in [1.29, 1.82) is 5.26 Å². The van der Waals surface area contributed by atoms with Gasteiger partial charge in [-0.05, 0) is 18.1 Å². The van der Waals surface area contributed by atoms with Gasteiger partial charge in [0.25, 0.3) is 0 Å². The Morgan fingerprint density at radius 1 is 1.58 bits per heavy atom. The van der Waals surface area contributed by atoms with E-state index >= 15 is 0 Å². The maximum Gasteiger partial charge on any atom is 0.300 e. The van der Waals surface area contributed by atoms with Gasteiger partial charge in [0.1, 0.15) is 5.76 Å². The van der Waals surface area contributed by atoms with Crippen molar-refractivity contribution in [3.8, 4) is 6.07 Å². The van der Waals surface area contributed by atoms with Crippen LogP contribution in [0.4, 0.5) is 0 Å². The third kappa shape index (κ3) is 5.12. The topological polar surface area (TPSA) is 95.3 Å². The van der Waals surface area contributed by atoms with Crippen LogP contribution in [0.3, 0.4) is 0 Å². The van der Waals surface area contributed by atoms with Gasteiger partial charge in [0.15, 0.2) is 5.76 Å². The molecule has 19 heavy (non-hydrogen) atoms. The minimum atomic E-state index is -0.446. The highest BCUT2D eigenvalue weighted by molar-refractivity contribution is 5.90. The molecule has 3 N–H and O–H groups in total. The van der Waals surface area contributed by atoms with E-state index in [1.165, 1.54) is 0 Å². The number of carbonyl (C=O) groups excluding carboxylic acids is 1. The van der Waals surface area contributed by atoms with Crippen molar-refractivity contribution in [2.45, 2.75) is 26.8 Å². The minimum absolute atomic E-state index is 0.197. The molecule has 1 amide bonds. The number of hydrogen-bond acceptors (Lipinski definition) is 5. The average Bonchev–Trinajstić information content (AvgIpc) is 2.82. The van der Waals surface area contributed by atoms with Crippen molar-refractivity contribution in [2.24, 2.45) is 11.8 Å². The van der Waals surface area contributed by atoms with Crippen LogP contribution in [0, 0.1) is 17.2 Å². The van der Waals surface area contributed by atoms with Crippen molar-refractivity contribution in [2.75, 3.05) is 13.1 Å². The van der Waals surface area contributed by atoms with Crippen LogP contribution >= 0.6 is 0 Å². The van der Waals surface area contributed by atoms with Crippen LogP contribution in [0.5, 0.6) is 0 Å². The molecule has 0 aliphatic heterocycles. The second-order valence-electron chi connectivity index (χ2n) is 4.78. The number of hydrogen-bond donors (Lipinski definition) is 2. The molecule has 6 heteroatoms. The van der Waals surface area contributed by atoms with Crippen molar-refractivity contribution < 1.29 is 9.21 Å². The van der Waals surface area contributed by atoms with E-state index in [1.54, 1.807) is 12.1 Å². The number of nitrogen functional groups attached to an aromatic ring is 1. The number of nitrogens with two attached hydrogens (primary N) is 1. The van der Waals surface area contributed by atoms with Crippen LogP contribution in [-0.4, -0.2) is 23.9 Å². The normalized spacial score (nSPS) is 10.7. The van der Waals surface area contributed by atoms with E-state index in [0.29, 0.717) is 31.2 Å². The molecule has 0 aliphatic carbocycles. The number of amides is 1. The maximum absolute atomic E-state index is 11.3. The Labute approximate surface area is 113 Å². The number of nitrogens with zero attached hydrogens (tertiary/aromatic N) is 2. The van der Waals surface area contributed by atoms with Gasteiger partial charge in [-0.2, -0.15) is 5.26 Å². The molecule has 0 spiro atoms. The summed E-state index contributed by atoms with van der Waals surface area (Å²) in [7, 11) is 0. The van der Waals surface area contributed by atoms with Gasteiger partial charge >= 0.3 is 5.91 Å². The summed E-state index contributed by atoms with van der Waals surface area (Å²) in [6.45, 7) is 6.38. The van der Waals surface area contributed by atoms with Gasteiger partial charge in [-0.1, -0.05) is 13.8 Å². The number of nitrogens with one attached hydrogen (secondary N) is 1. The third-order valence-corrected chi connectivity index (χ3v) is 2.56. The van der Waals surface area contributed by atoms with Crippen LogP contribution in [0.25, 0.3) is 0 Å². The van der Waals surface area contributed by atoms with E-state index in [1.807, 2.05) is 5.43 Å². The quantitative estimate of drug-likeness (QED) is 0.439. The highest BCUT2D eigenvalue weighted by Crippen LogP contribution is 2.12. The molecule has 0 bridgehead atoms. The highest BCUT2D eigenvalue weighted by atomic mass is 16.4. The zero-order chi connectivity index (χ0) is 14.3. The first-order valence-corrected chi connectivity index (χ1v) is 6.25. The largest absolute Gasteiger partial charge is 0.455 e. The van der Waals surface area contributed by atoms with E-state index in [-0.39, 0.29) is 5.76 Å². The van der Waals surface area contributed by atoms with E-state index in [2.05, 4.69) is 24.8 Å². The van der Waals surface area contributed by atoms with Gasteiger partial charge in [0.05, 0.1) is 12.6 Å². The third-order valence-electron chi connectivity index (χ3n) is 2.56. The molecule has 0 radical (unpaired) electrons. The number of carbonyl (C=O) groups is 1. The maximum atomic E-state index is 11.3. The molecule has 0 fully saturated rings. The van der Waals surface area contributed by atoms with Gasteiger partial charge in [-0.3, -0.25) is 15.1 Å². The van der Waals surface area contributed by atoms with Gasteiger partial charge in [-0.15, -0.1) is 0 Å². The van der Waals surface area contributed by atoms with Crippen molar-refractivity contribution in [3.05, 3.63) is 23.7 Å². The van der Waals surface area contributed by atoms with Crippen molar-refractivity contribution in [3.63, 3.8) is 0 Å². The average molecular weight is 264 g/mol. The smallest absolute Gasteiger partial charge is 0.300 e. The molecule has 1 heterocycles. The molecular formula is C13H20N4O2. The van der Waals surface area contributed by atoms with Crippen LogP contribution in [-0.2, 0) is 6.54 Å². The summed E-state index contributed by atoms with van der Waals surface area (Å²) in [6, 6.07) is 5.48. The van der Waals surface area contributed by atoms with Crippen LogP contribution < -0.4 is 11.3 Å². The van der Waals surface area contributed by atoms with E-state index < -0.39 is 5.91 Å². The predicted molar refractivity (Wildman–Crippen MR) is 70.7 cm³/mol. The summed E-state index contributed by atoms with van der Waals surface area (Å²) in [5.41, 5.74) is 2.03. The molecule has 1 rings (SSSR count). The first-order valence-electron chi connectivity index (χ1n) is 6.25. The molecule has 0 atom stereocenters. The summed E-state index contributed by atoms with van der Waals surface area (Å²) >= 11 is 0. The molecule has 0 saturated carbocycles. The molecule has 1 aromatic rings. The van der Waals surface area contributed by atoms with Gasteiger partial charge < -0.3 is 4.42 Å². The van der Waals surface area contributed by atoms with Gasteiger partial charge in [-0.25, -0.2) is 5.84 Å². The van der Waals surface area contributed by atoms with E-state index in [9.17, 15) is 4.79 Å². The predicted octanol–water partition coefficient (Wildman–Crippen LogP) is 1.25. The first kappa shape index (κ1) is 15.2. The number of rotatable bonds is 7. The molecule has 1 aromatic heterocycles. The zero-order valence-corrected chi connectivity index (χ0v) is 11.3. The Bertz CT molecular complexity index is 448. The molecule has 0 unspecified atom stereocenters. The van der Waals surface area contributed by atoms with Crippen molar-refractivity contribution >= 4 is 5.91 Å². The zero-order valence-electron chi connectivity index (χ0n) is 11.3. The number of nitriles is 1. The lowest BCUT2D eigenvalue weighted by molar-refractivity contribution is 0.0921. The molecule has 6 nitrogen and oxygen atoms in total. The Morgan fingerprint density at radius 3 is 2.89 bits per heavy atom. The highest BCUT2D eigenvalue weighted by Gasteiger charge is 2.13. The lowest BCUT2D eigenvalue weighted by Crippen LogP contribution is -2.29. The Kier molecular flexibility index (Phi) is 6.06. The molecule has 0 aromatic carbocycles. The fraction of sp³-hybridized carbons (Fsp3) is 0.538. The monoisotopic (exact) mass is 264 g/mol. The summed E-state index contributed by atoms with van der Waals surface area (Å²) in [5, 5.41) is 8.66. The number of hydrazine groups is 1. The molecule has 104 valence electrons. The van der Waals surface area contributed by atoms with Crippen LogP contribution in [0.2, 0.25) is 0 Å². The summed E-state index contributed by atoms with van der Waals surface area (Å²) in [6.07, 6.45) is 0.476. The fourth-order valence-electron chi connectivity index (χ4n) is 1.84. The lowest BCUT2D eigenvalue weighted by atomic mass is 10.2. The second-order valence-corrected chi connectivity index (χ2v) is 4.78. The Hall–Kier alpha value is -1.84. The second kappa shape index (κ2) is 7.56. The molecular weight excluding hydrogens is 244 g/mol. The summed E-state index contributed by atoms with van der Waals surface area (Å²) in [4.78, 5) is 13.4. The van der Waals surface area contributed by atoms with Crippen molar-refractivity contribution in [1.82, 2.24) is 10.3 Å². The first-order chi connectivity index (χ1) is 9.06. The summed E-state index contributed by atoms with van der Waals surface area (Å²) in [5.74, 6) is 5.98. The van der Waals surface area contributed by atoms with Gasteiger partial charge in [0.2, 0.25) is 0 Å². The SMILES string of the molecule is CC(C)CN(CCC#N)Cc1ccc(C(=O)NN)o1. The number of furan rings is 1. The molecule has 0 saturated heterocycles. The standard InChI is InChI=1S/C13H20N4O2/c1-10(2)8-17(7-3-6-14)9-11-4-5-12(19-11)13(18)16-15/h4-5,10H,3,7-9,15H2,1-2H3,(H,16,18). The van der Waals surface area contributed by atoms with Crippen LogP contribution in [0.1, 0.15) is 36.6 Å². The lowest BCUT2D eigenvalue weighted by Gasteiger charge is -2.21. The fourth-order valence-corrected chi connectivity index (χ4v) is 1.84. The van der Waals surface area contributed by atoms with Gasteiger partial charge in [0, 0.05) is 19.5 Å². The van der Waals surface area contributed by atoms with E-state index in [4.69, 9.17) is 15.5 Å². The Balaban J connectivity index is 2.65. The summed E-state index contributed by atoms with van der Waals surface area (Å²) < 4.78 is 5.41. The Morgan fingerprint density at radius 2 is 2.32 bits per heavy atom. The van der Waals surface area contributed by atoms with Crippen LogP contribution in [0.15, 0.2) is 16.5 Å². The molecule has 0 aliphatic rings.